The Bertz CT molecular complexity index is 396. The predicted molar refractivity (Wildman–Crippen MR) is 55.8 cm³/mol. The van der Waals surface area contributed by atoms with Gasteiger partial charge in [-0.25, -0.2) is 4.79 Å². The van der Waals surface area contributed by atoms with E-state index in [2.05, 4.69) is 0 Å². The zero-order chi connectivity index (χ0) is 12.3. The molecular formula is C12H16O4. The summed E-state index contributed by atoms with van der Waals surface area (Å²) in [7, 11) is 0. The van der Waals surface area contributed by atoms with Crippen molar-refractivity contribution in [3.63, 3.8) is 0 Å². The summed E-state index contributed by atoms with van der Waals surface area (Å²) in [5.74, 6) is -3.59. The van der Waals surface area contributed by atoms with Gasteiger partial charge < -0.3 is 5.11 Å². The SMILES string of the molecule is CC12CCC(C(C(=O)C(=O)O)C1=O)C2(C)C. The summed E-state index contributed by atoms with van der Waals surface area (Å²) in [5.41, 5.74) is -0.784. The smallest absolute Gasteiger partial charge is 0.372 e. The average Bonchev–Trinajstić information content (AvgIpc) is 2.48. The Kier molecular flexibility index (Phi) is 2.07. The Labute approximate surface area is 94.0 Å². The summed E-state index contributed by atoms with van der Waals surface area (Å²) in [6, 6.07) is 0. The molecule has 0 spiro atoms. The number of fused-ring (bicyclic) bond motifs is 2. The Balaban J connectivity index is 2.44. The normalized spacial score (nSPS) is 40.1. The fourth-order valence-corrected chi connectivity index (χ4v) is 3.52. The fraction of sp³-hybridized carbons (Fsp3) is 0.750. The highest BCUT2D eigenvalue weighted by Crippen LogP contribution is 2.65. The number of carboxylic acid groups (broad SMARTS) is 1. The van der Waals surface area contributed by atoms with E-state index in [1.807, 2.05) is 20.8 Å². The number of carbonyl (C=O) groups is 3. The van der Waals surface area contributed by atoms with Gasteiger partial charge in [0, 0.05) is 5.41 Å². The van der Waals surface area contributed by atoms with Crippen LogP contribution in [0.5, 0.6) is 0 Å². The number of carboxylic acids is 1. The van der Waals surface area contributed by atoms with E-state index in [9.17, 15) is 14.4 Å². The van der Waals surface area contributed by atoms with E-state index in [-0.39, 0.29) is 17.1 Å². The number of aliphatic carboxylic acids is 1. The van der Waals surface area contributed by atoms with Crippen molar-refractivity contribution in [2.45, 2.75) is 33.6 Å². The molecule has 0 amide bonds. The van der Waals surface area contributed by atoms with E-state index in [0.717, 1.165) is 12.8 Å². The Morgan fingerprint density at radius 2 is 1.88 bits per heavy atom. The number of rotatable bonds is 2. The van der Waals surface area contributed by atoms with Crippen LogP contribution in [0.3, 0.4) is 0 Å². The van der Waals surface area contributed by atoms with Gasteiger partial charge in [0.25, 0.3) is 5.78 Å². The van der Waals surface area contributed by atoms with Gasteiger partial charge in [-0.1, -0.05) is 20.8 Å². The third kappa shape index (κ3) is 1.02. The molecule has 4 nitrogen and oxygen atoms in total. The van der Waals surface area contributed by atoms with Crippen LogP contribution in [-0.4, -0.2) is 22.6 Å². The van der Waals surface area contributed by atoms with Crippen molar-refractivity contribution >= 4 is 17.5 Å². The highest BCUT2D eigenvalue weighted by Gasteiger charge is 2.68. The van der Waals surface area contributed by atoms with Crippen LogP contribution in [0.4, 0.5) is 0 Å². The average molecular weight is 224 g/mol. The first-order valence-corrected chi connectivity index (χ1v) is 5.55. The molecule has 2 saturated carbocycles. The maximum atomic E-state index is 12.2. The highest BCUT2D eigenvalue weighted by atomic mass is 16.4. The van der Waals surface area contributed by atoms with E-state index >= 15 is 0 Å². The molecule has 0 radical (unpaired) electrons. The van der Waals surface area contributed by atoms with Crippen molar-refractivity contribution in [1.82, 2.24) is 0 Å². The van der Waals surface area contributed by atoms with E-state index in [0.29, 0.717) is 0 Å². The zero-order valence-corrected chi connectivity index (χ0v) is 9.74. The topological polar surface area (TPSA) is 71.4 Å². The van der Waals surface area contributed by atoms with Gasteiger partial charge in [0.1, 0.15) is 0 Å². The maximum absolute atomic E-state index is 12.2. The minimum atomic E-state index is -1.48. The molecule has 4 heteroatoms. The third-order valence-corrected chi connectivity index (χ3v) is 5.03. The van der Waals surface area contributed by atoms with E-state index in [1.54, 1.807) is 0 Å². The molecule has 1 N–H and O–H groups in total. The van der Waals surface area contributed by atoms with E-state index in [4.69, 9.17) is 5.11 Å². The summed E-state index contributed by atoms with van der Waals surface area (Å²) in [6.07, 6.45) is 1.55. The van der Waals surface area contributed by atoms with Crippen LogP contribution in [-0.2, 0) is 14.4 Å². The lowest BCUT2D eigenvalue weighted by Gasteiger charge is -2.32. The minimum absolute atomic E-state index is 0.103. The quantitative estimate of drug-likeness (QED) is 0.566. The van der Waals surface area contributed by atoms with Crippen molar-refractivity contribution in [2.24, 2.45) is 22.7 Å². The molecule has 2 bridgehead atoms. The van der Waals surface area contributed by atoms with Crippen LogP contribution in [0.1, 0.15) is 33.6 Å². The first-order chi connectivity index (χ1) is 7.23. The second kappa shape index (κ2) is 2.93. The molecule has 0 aliphatic heterocycles. The number of Topliss-reactive ketones (excluding diaryl/α,β-unsaturated/α-hetero) is 2. The van der Waals surface area contributed by atoms with Gasteiger partial charge in [-0.15, -0.1) is 0 Å². The van der Waals surface area contributed by atoms with Crippen LogP contribution in [0.25, 0.3) is 0 Å². The summed E-state index contributed by atoms with van der Waals surface area (Å²) in [6.45, 7) is 5.81. The lowest BCUT2D eigenvalue weighted by Crippen LogP contribution is -2.37. The van der Waals surface area contributed by atoms with Gasteiger partial charge >= 0.3 is 5.97 Å². The van der Waals surface area contributed by atoms with Gasteiger partial charge in [0.05, 0.1) is 5.92 Å². The van der Waals surface area contributed by atoms with Crippen LogP contribution < -0.4 is 0 Å². The number of hydrogen-bond donors (Lipinski definition) is 1. The zero-order valence-electron chi connectivity index (χ0n) is 9.74. The highest BCUT2D eigenvalue weighted by molar-refractivity contribution is 6.38. The molecule has 0 aromatic carbocycles. The Morgan fingerprint density at radius 1 is 1.31 bits per heavy atom. The maximum Gasteiger partial charge on any atom is 0.372 e. The van der Waals surface area contributed by atoms with Crippen molar-refractivity contribution in [2.75, 3.05) is 0 Å². The number of ketones is 2. The van der Waals surface area contributed by atoms with Crippen LogP contribution in [0, 0.1) is 22.7 Å². The van der Waals surface area contributed by atoms with Crippen LogP contribution in [0.15, 0.2) is 0 Å². The van der Waals surface area contributed by atoms with E-state index in [1.165, 1.54) is 0 Å². The first-order valence-electron chi connectivity index (χ1n) is 5.55. The molecule has 0 heterocycles. The molecule has 88 valence electrons. The van der Waals surface area contributed by atoms with Gasteiger partial charge in [-0.2, -0.15) is 0 Å². The predicted octanol–water partition coefficient (Wildman–Crippen LogP) is 1.28. The van der Waals surface area contributed by atoms with Gasteiger partial charge in [0.15, 0.2) is 5.78 Å². The van der Waals surface area contributed by atoms with Crippen LogP contribution >= 0.6 is 0 Å². The Hall–Kier alpha value is -1.19. The van der Waals surface area contributed by atoms with Crippen molar-refractivity contribution < 1.29 is 19.5 Å². The molecule has 0 aromatic heterocycles. The molecular weight excluding hydrogens is 208 g/mol. The standard InChI is InChI=1S/C12H16O4/c1-11(2)6-4-5-12(11,3)9(14)7(6)8(13)10(15)16/h6-7H,4-5H2,1-3H3,(H,15,16). The monoisotopic (exact) mass is 224 g/mol. The third-order valence-electron chi connectivity index (χ3n) is 5.03. The first kappa shape index (κ1) is 11.3. The molecule has 3 unspecified atom stereocenters. The second-order valence-electron chi connectivity index (χ2n) is 5.71. The molecule has 2 aliphatic carbocycles. The molecule has 0 saturated heterocycles. The minimum Gasteiger partial charge on any atom is -0.475 e. The molecule has 2 aliphatic rings. The van der Waals surface area contributed by atoms with Crippen molar-refractivity contribution in [3.05, 3.63) is 0 Å². The Morgan fingerprint density at radius 3 is 2.25 bits per heavy atom. The second-order valence-corrected chi connectivity index (χ2v) is 5.71. The summed E-state index contributed by atoms with van der Waals surface area (Å²) in [5, 5.41) is 8.74. The largest absolute Gasteiger partial charge is 0.475 e. The van der Waals surface area contributed by atoms with Gasteiger partial charge in [-0.3, -0.25) is 9.59 Å². The van der Waals surface area contributed by atoms with Gasteiger partial charge in [0.2, 0.25) is 0 Å². The number of hydrogen-bond acceptors (Lipinski definition) is 3. The molecule has 16 heavy (non-hydrogen) atoms. The van der Waals surface area contributed by atoms with Crippen molar-refractivity contribution in [1.29, 1.82) is 0 Å². The van der Waals surface area contributed by atoms with Gasteiger partial charge in [-0.05, 0) is 24.2 Å². The van der Waals surface area contributed by atoms with E-state index < -0.39 is 23.1 Å². The number of carbonyl (C=O) groups excluding carboxylic acids is 2. The molecule has 2 rings (SSSR count). The fourth-order valence-electron chi connectivity index (χ4n) is 3.52. The molecule has 2 fully saturated rings. The van der Waals surface area contributed by atoms with Crippen molar-refractivity contribution in [3.8, 4) is 0 Å². The van der Waals surface area contributed by atoms with Crippen LogP contribution in [0.2, 0.25) is 0 Å². The molecule has 3 atom stereocenters. The lowest BCUT2D eigenvalue weighted by molar-refractivity contribution is -0.154. The molecule has 0 aromatic rings. The lowest BCUT2D eigenvalue weighted by atomic mass is 9.70. The summed E-state index contributed by atoms with van der Waals surface area (Å²) >= 11 is 0. The summed E-state index contributed by atoms with van der Waals surface area (Å²) < 4.78 is 0. The summed E-state index contributed by atoms with van der Waals surface area (Å²) in [4.78, 5) is 34.4.